The van der Waals surface area contributed by atoms with Crippen molar-refractivity contribution in [3.63, 3.8) is 0 Å². The number of nitrogens with zero attached hydrogens (tertiary/aromatic N) is 1. The van der Waals surface area contributed by atoms with Gasteiger partial charge in [0.25, 0.3) is 0 Å². The average molecular weight is 228 g/mol. The van der Waals surface area contributed by atoms with Crippen molar-refractivity contribution < 1.29 is 5.11 Å². The van der Waals surface area contributed by atoms with E-state index in [-0.39, 0.29) is 0 Å². The molecule has 1 aromatic heterocycles. The lowest BCUT2D eigenvalue weighted by Crippen LogP contribution is -2.12. The van der Waals surface area contributed by atoms with Crippen LogP contribution in [0, 0.1) is 6.92 Å². The van der Waals surface area contributed by atoms with Crippen LogP contribution in [0.4, 0.5) is 5.69 Å². The Kier molecular flexibility index (Phi) is 3.73. The lowest BCUT2D eigenvalue weighted by atomic mass is 10.1. The van der Waals surface area contributed by atoms with Crippen LogP contribution in [0.25, 0.3) is 0 Å². The Labute approximate surface area is 101 Å². The number of pyridine rings is 1. The minimum atomic E-state index is -0.538. The molecule has 0 aliphatic heterocycles. The maximum absolute atomic E-state index is 9.95. The van der Waals surface area contributed by atoms with Crippen LogP contribution in [0.15, 0.2) is 48.8 Å². The molecule has 1 heterocycles. The van der Waals surface area contributed by atoms with Gasteiger partial charge in [-0.25, -0.2) is 0 Å². The van der Waals surface area contributed by atoms with Crippen molar-refractivity contribution in [1.29, 1.82) is 0 Å². The Morgan fingerprint density at radius 1 is 1.29 bits per heavy atom. The smallest absolute Gasteiger partial charge is 0.0977 e. The summed E-state index contributed by atoms with van der Waals surface area (Å²) >= 11 is 0. The van der Waals surface area contributed by atoms with E-state index in [9.17, 15) is 5.11 Å². The number of aliphatic hydroxyl groups excluding tert-OH is 1. The van der Waals surface area contributed by atoms with Crippen molar-refractivity contribution in [2.24, 2.45) is 0 Å². The summed E-state index contributed by atoms with van der Waals surface area (Å²) in [6.07, 6.45) is 2.84. The van der Waals surface area contributed by atoms with Crippen molar-refractivity contribution in [3.8, 4) is 0 Å². The number of nitrogens with one attached hydrogen (secondary N) is 1. The van der Waals surface area contributed by atoms with E-state index >= 15 is 0 Å². The lowest BCUT2D eigenvalue weighted by Gasteiger charge is -2.13. The first-order valence-corrected chi connectivity index (χ1v) is 5.64. The molecule has 2 aromatic rings. The van der Waals surface area contributed by atoms with Crippen LogP contribution in [-0.4, -0.2) is 16.6 Å². The number of benzene rings is 1. The van der Waals surface area contributed by atoms with Crippen LogP contribution in [0.2, 0.25) is 0 Å². The highest BCUT2D eigenvalue weighted by Crippen LogP contribution is 2.14. The van der Waals surface area contributed by atoms with E-state index in [1.807, 2.05) is 37.3 Å². The Balaban J connectivity index is 1.95. The van der Waals surface area contributed by atoms with E-state index in [0.29, 0.717) is 6.54 Å². The van der Waals surface area contributed by atoms with E-state index in [2.05, 4.69) is 16.4 Å². The third kappa shape index (κ3) is 3.29. The molecule has 0 spiro atoms. The molecule has 1 atom stereocenters. The quantitative estimate of drug-likeness (QED) is 0.845. The zero-order chi connectivity index (χ0) is 12.1. The minimum absolute atomic E-state index is 0.481. The van der Waals surface area contributed by atoms with E-state index in [0.717, 1.165) is 11.3 Å². The average Bonchev–Trinajstić information content (AvgIpc) is 2.37. The van der Waals surface area contributed by atoms with Crippen molar-refractivity contribution in [2.45, 2.75) is 13.0 Å². The van der Waals surface area contributed by atoms with E-state index < -0.39 is 6.10 Å². The van der Waals surface area contributed by atoms with E-state index in [4.69, 9.17) is 0 Å². The number of hydrogen-bond donors (Lipinski definition) is 2. The molecule has 0 saturated carbocycles. The first-order chi connectivity index (χ1) is 8.25. The second-order valence-electron chi connectivity index (χ2n) is 4.05. The van der Waals surface area contributed by atoms with Crippen LogP contribution in [-0.2, 0) is 0 Å². The molecule has 0 bridgehead atoms. The van der Waals surface area contributed by atoms with Gasteiger partial charge in [-0.3, -0.25) is 4.98 Å². The summed E-state index contributed by atoms with van der Waals surface area (Å²) in [5.74, 6) is 0. The van der Waals surface area contributed by atoms with E-state index in [1.54, 1.807) is 12.4 Å². The van der Waals surface area contributed by atoms with Crippen LogP contribution in [0.1, 0.15) is 17.2 Å². The number of hydrogen-bond acceptors (Lipinski definition) is 3. The molecule has 3 nitrogen and oxygen atoms in total. The van der Waals surface area contributed by atoms with Gasteiger partial charge in [-0.2, -0.15) is 0 Å². The van der Waals surface area contributed by atoms with Gasteiger partial charge in [-0.05, 0) is 30.7 Å². The molecule has 0 saturated heterocycles. The number of aliphatic hydroxyl groups is 1. The summed E-state index contributed by atoms with van der Waals surface area (Å²) < 4.78 is 0. The summed E-state index contributed by atoms with van der Waals surface area (Å²) in [5, 5.41) is 13.2. The Morgan fingerprint density at radius 3 is 2.88 bits per heavy atom. The predicted octanol–water partition coefficient (Wildman–Crippen LogP) is 2.54. The molecule has 2 N–H and O–H groups in total. The molecule has 0 aliphatic rings. The minimum Gasteiger partial charge on any atom is -0.387 e. The van der Waals surface area contributed by atoms with Crippen molar-refractivity contribution in [2.75, 3.05) is 11.9 Å². The summed E-state index contributed by atoms with van der Waals surface area (Å²) in [6.45, 7) is 2.53. The second kappa shape index (κ2) is 5.46. The number of aromatic nitrogens is 1. The Hall–Kier alpha value is -1.87. The molecule has 0 fully saturated rings. The largest absolute Gasteiger partial charge is 0.387 e. The first kappa shape index (κ1) is 11.6. The van der Waals surface area contributed by atoms with Crippen molar-refractivity contribution >= 4 is 5.69 Å². The van der Waals surface area contributed by atoms with Gasteiger partial charge in [0.1, 0.15) is 0 Å². The SMILES string of the molecule is Cc1cccc(NCC(O)c2cccnc2)c1. The molecule has 17 heavy (non-hydrogen) atoms. The molecule has 1 aromatic carbocycles. The van der Waals surface area contributed by atoms with Gasteiger partial charge in [0.05, 0.1) is 6.10 Å². The van der Waals surface area contributed by atoms with Crippen LogP contribution < -0.4 is 5.32 Å². The monoisotopic (exact) mass is 228 g/mol. The van der Waals surface area contributed by atoms with Gasteiger partial charge < -0.3 is 10.4 Å². The van der Waals surface area contributed by atoms with Crippen LogP contribution >= 0.6 is 0 Å². The molecule has 0 amide bonds. The third-order valence-corrected chi connectivity index (χ3v) is 2.59. The fourth-order valence-corrected chi connectivity index (χ4v) is 1.66. The summed E-state index contributed by atoms with van der Waals surface area (Å²) in [6, 6.07) is 11.8. The van der Waals surface area contributed by atoms with Gasteiger partial charge in [0, 0.05) is 30.2 Å². The lowest BCUT2D eigenvalue weighted by molar-refractivity contribution is 0.191. The fraction of sp³-hybridized carbons (Fsp3) is 0.214. The maximum Gasteiger partial charge on any atom is 0.0977 e. The highest BCUT2D eigenvalue weighted by atomic mass is 16.3. The summed E-state index contributed by atoms with van der Waals surface area (Å²) in [5.41, 5.74) is 3.05. The molecule has 3 heteroatoms. The fourth-order valence-electron chi connectivity index (χ4n) is 1.66. The second-order valence-corrected chi connectivity index (χ2v) is 4.05. The zero-order valence-electron chi connectivity index (χ0n) is 9.80. The zero-order valence-corrected chi connectivity index (χ0v) is 9.80. The number of aryl methyl sites for hydroxylation is 1. The molecular weight excluding hydrogens is 212 g/mol. The topological polar surface area (TPSA) is 45.1 Å². The normalized spacial score (nSPS) is 12.1. The Bertz CT molecular complexity index is 471. The molecule has 0 radical (unpaired) electrons. The van der Waals surface area contributed by atoms with Crippen molar-refractivity contribution in [1.82, 2.24) is 4.98 Å². The van der Waals surface area contributed by atoms with Crippen LogP contribution in [0.5, 0.6) is 0 Å². The van der Waals surface area contributed by atoms with Gasteiger partial charge in [-0.15, -0.1) is 0 Å². The highest BCUT2D eigenvalue weighted by Gasteiger charge is 2.06. The third-order valence-electron chi connectivity index (χ3n) is 2.59. The molecule has 88 valence electrons. The Morgan fingerprint density at radius 2 is 2.18 bits per heavy atom. The van der Waals surface area contributed by atoms with Crippen LogP contribution in [0.3, 0.4) is 0 Å². The summed E-state index contributed by atoms with van der Waals surface area (Å²) in [4.78, 5) is 3.99. The molecular formula is C14H16N2O. The predicted molar refractivity (Wildman–Crippen MR) is 68.9 cm³/mol. The number of anilines is 1. The molecule has 0 aliphatic carbocycles. The maximum atomic E-state index is 9.95. The van der Waals surface area contributed by atoms with Gasteiger partial charge >= 0.3 is 0 Å². The first-order valence-electron chi connectivity index (χ1n) is 5.64. The van der Waals surface area contributed by atoms with E-state index in [1.165, 1.54) is 5.56 Å². The summed E-state index contributed by atoms with van der Waals surface area (Å²) in [7, 11) is 0. The van der Waals surface area contributed by atoms with Gasteiger partial charge in [0.2, 0.25) is 0 Å². The van der Waals surface area contributed by atoms with Gasteiger partial charge in [-0.1, -0.05) is 18.2 Å². The van der Waals surface area contributed by atoms with Crippen molar-refractivity contribution in [3.05, 3.63) is 59.9 Å². The standard InChI is InChI=1S/C14H16N2O/c1-11-4-2-6-13(8-11)16-10-14(17)12-5-3-7-15-9-12/h2-9,14,16-17H,10H2,1H3. The highest BCUT2D eigenvalue weighted by molar-refractivity contribution is 5.45. The molecule has 2 rings (SSSR count). The van der Waals surface area contributed by atoms with Gasteiger partial charge in [0.15, 0.2) is 0 Å². The number of rotatable bonds is 4. The molecule has 1 unspecified atom stereocenters.